The first-order valence-corrected chi connectivity index (χ1v) is 2.54. The predicted molar refractivity (Wildman–Crippen MR) is 35.6 cm³/mol. The first-order valence-electron chi connectivity index (χ1n) is 2.54. The first kappa shape index (κ1) is 7.94. The molecule has 0 atom stereocenters. The Bertz CT molecular complexity index is 121. The number of carbonyl (C=O) groups excluding carboxylic acids is 1. The van der Waals surface area contributed by atoms with Crippen LogP contribution in [0, 0.1) is 5.41 Å². The Balaban J connectivity index is 3.87. The standard InChI is InChI=1S/C5H11N3O/c1-7(2)5(9)8(3)4-6/h4,6H,1-3H3. The molecule has 0 aliphatic heterocycles. The number of hydrogen-bond donors (Lipinski definition) is 1. The van der Waals surface area contributed by atoms with Gasteiger partial charge in [-0.3, -0.25) is 10.3 Å². The largest absolute Gasteiger partial charge is 0.330 e. The lowest BCUT2D eigenvalue weighted by Gasteiger charge is -2.15. The van der Waals surface area contributed by atoms with Crippen LogP contribution in [-0.2, 0) is 0 Å². The van der Waals surface area contributed by atoms with Gasteiger partial charge in [-0.15, -0.1) is 0 Å². The zero-order valence-electron chi connectivity index (χ0n) is 5.88. The van der Waals surface area contributed by atoms with Gasteiger partial charge in [0, 0.05) is 21.1 Å². The summed E-state index contributed by atoms with van der Waals surface area (Å²) < 4.78 is 0. The Morgan fingerprint density at radius 1 is 1.44 bits per heavy atom. The van der Waals surface area contributed by atoms with Crippen LogP contribution in [-0.4, -0.2) is 43.3 Å². The predicted octanol–water partition coefficient (Wildman–Crippen LogP) is 0.207. The van der Waals surface area contributed by atoms with E-state index in [2.05, 4.69) is 0 Å². The van der Waals surface area contributed by atoms with Gasteiger partial charge in [0.2, 0.25) is 0 Å². The van der Waals surface area contributed by atoms with Crippen LogP contribution in [0.4, 0.5) is 4.79 Å². The minimum absolute atomic E-state index is 0.190. The second-order valence-electron chi connectivity index (χ2n) is 1.92. The van der Waals surface area contributed by atoms with Crippen LogP contribution in [0.2, 0.25) is 0 Å². The van der Waals surface area contributed by atoms with E-state index in [0.717, 1.165) is 6.34 Å². The zero-order chi connectivity index (χ0) is 7.44. The van der Waals surface area contributed by atoms with Gasteiger partial charge >= 0.3 is 6.03 Å². The molecule has 0 aromatic rings. The van der Waals surface area contributed by atoms with E-state index in [1.165, 1.54) is 16.8 Å². The summed E-state index contributed by atoms with van der Waals surface area (Å²) in [4.78, 5) is 13.4. The van der Waals surface area contributed by atoms with Gasteiger partial charge in [0.05, 0.1) is 6.34 Å². The Hall–Kier alpha value is -1.06. The summed E-state index contributed by atoms with van der Waals surface area (Å²) in [6.45, 7) is 0. The first-order chi connectivity index (χ1) is 4.09. The van der Waals surface area contributed by atoms with Crippen molar-refractivity contribution < 1.29 is 4.79 Å². The molecule has 2 amide bonds. The molecule has 1 N–H and O–H groups in total. The van der Waals surface area contributed by atoms with Crippen molar-refractivity contribution in [2.45, 2.75) is 0 Å². The highest BCUT2D eigenvalue weighted by Crippen LogP contribution is 1.84. The maximum atomic E-state index is 10.8. The molecular weight excluding hydrogens is 118 g/mol. The number of amides is 2. The van der Waals surface area contributed by atoms with Crippen molar-refractivity contribution in [1.82, 2.24) is 9.80 Å². The second-order valence-corrected chi connectivity index (χ2v) is 1.92. The van der Waals surface area contributed by atoms with E-state index in [4.69, 9.17) is 5.41 Å². The van der Waals surface area contributed by atoms with Crippen LogP contribution >= 0.6 is 0 Å². The Kier molecular flexibility index (Phi) is 2.70. The van der Waals surface area contributed by atoms with Gasteiger partial charge in [-0.2, -0.15) is 0 Å². The van der Waals surface area contributed by atoms with Gasteiger partial charge in [-0.1, -0.05) is 0 Å². The molecule has 0 aliphatic rings. The van der Waals surface area contributed by atoms with Gasteiger partial charge in [0.15, 0.2) is 0 Å². The van der Waals surface area contributed by atoms with E-state index in [9.17, 15) is 4.79 Å². The molecular formula is C5H11N3O. The smallest absolute Gasteiger partial charge is 0.324 e. The molecule has 0 spiro atoms. The van der Waals surface area contributed by atoms with E-state index < -0.39 is 0 Å². The number of hydrogen-bond acceptors (Lipinski definition) is 2. The van der Waals surface area contributed by atoms with Crippen LogP contribution in [0.1, 0.15) is 0 Å². The molecule has 0 unspecified atom stereocenters. The Morgan fingerprint density at radius 2 is 1.89 bits per heavy atom. The van der Waals surface area contributed by atoms with Crippen molar-refractivity contribution in [2.24, 2.45) is 0 Å². The van der Waals surface area contributed by atoms with Crippen LogP contribution in [0.5, 0.6) is 0 Å². The highest BCUT2D eigenvalue weighted by Gasteiger charge is 2.05. The summed E-state index contributed by atoms with van der Waals surface area (Å²) in [6, 6.07) is -0.190. The SMILES string of the molecule is CN(C)C(=O)N(C)C=N. The summed E-state index contributed by atoms with van der Waals surface area (Å²) in [5.41, 5.74) is 0. The lowest BCUT2D eigenvalue weighted by atomic mass is 10.7. The molecule has 0 saturated heterocycles. The lowest BCUT2D eigenvalue weighted by Crippen LogP contribution is -2.34. The van der Waals surface area contributed by atoms with E-state index >= 15 is 0 Å². The highest BCUT2D eigenvalue weighted by molar-refractivity contribution is 5.84. The summed E-state index contributed by atoms with van der Waals surface area (Å²) in [5.74, 6) is 0. The second kappa shape index (κ2) is 3.06. The van der Waals surface area contributed by atoms with Crippen molar-refractivity contribution in [3.8, 4) is 0 Å². The molecule has 0 aromatic heterocycles. The zero-order valence-corrected chi connectivity index (χ0v) is 5.88. The van der Waals surface area contributed by atoms with Gasteiger partial charge in [0.25, 0.3) is 0 Å². The maximum Gasteiger partial charge on any atom is 0.324 e. The van der Waals surface area contributed by atoms with E-state index in [-0.39, 0.29) is 6.03 Å². The number of urea groups is 1. The van der Waals surface area contributed by atoms with Crippen LogP contribution in [0.3, 0.4) is 0 Å². The van der Waals surface area contributed by atoms with Gasteiger partial charge in [-0.25, -0.2) is 4.79 Å². The third-order valence-electron chi connectivity index (χ3n) is 0.878. The fourth-order valence-corrected chi connectivity index (χ4v) is 0.371. The number of carbonyl (C=O) groups is 1. The van der Waals surface area contributed by atoms with Crippen molar-refractivity contribution in [1.29, 1.82) is 5.41 Å². The number of rotatable bonds is 1. The average molecular weight is 129 g/mol. The van der Waals surface area contributed by atoms with Crippen molar-refractivity contribution in [3.63, 3.8) is 0 Å². The Morgan fingerprint density at radius 3 is 2.00 bits per heavy atom. The molecule has 0 aliphatic carbocycles. The minimum atomic E-state index is -0.190. The normalized spacial score (nSPS) is 8.33. The molecule has 9 heavy (non-hydrogen) atoms. The van der Waals surface area contributed by atoms with E-state index in [1.54, 1.807) is 14.1 Å². The molecule has 52 valence electrons. The summed E-state index contributed by atoms with van der Waals surface area (Å²) >= 11 is 0. The molecule has 0 saturated carbocycles. The van der Waals surface area contributed by atoms with Gasteiger partial charge < -0.3 is 4.90 Å². The topological polar surface area (TPSA) is 47.4 Å². The number of nitrogens with zero attached hydrogens (tertiary/aromatic N) is 2. The molecule has 0 fully saturated rings. The Labute approximate surface area is 54.6 Å². The molecule has 0 aromatic carbocycles. The lowest BCUT2D eigenvalue weighted by molar-refractivity contribution is 0.201. The van der Waals surface area contributed by atoms with Crippen molar-refractivity contribution in [3.05, 3.63) is 0 Å². The average Bonchev–Trinajstić information content (AvgIpc) is 1.84. The van der Waals surface area contributed by atoms with Crippen LogP contribution in [0.25, 0.3) is 0 Å². The summed E-state index contributed by atoms with van der Waals surface area (Å²) in [7, 11) is 4.82. The third kappa shape index (κ3) is 2.12. The molecule has 0 rings (SSSR count). The molecule has 0 radical (unpaired) electrons. The fraction of sp³-hybridized carbons (Fsp3) is 0.600. The fourth-order valence-electron chi connectivity index (χ4n) is 0.371. The molecule has 0 bridgehead atoms. The maximum absolute atomic E-state index is 10.8. The monoisotopic (exact) mass is 129 g/mol. The minimum Gasteiger partial charge on any atom is -0.330 e. The number of nitrogens with one attached hydrogen (secondary N) is 1. The van der Waals surface area contributed by atoms with Crippen LogP contribution in [0.15, 0.2) is 0 Å². The summed E-state index contributed by atoms with van der Waals surface area (Å²) in [5, 5.41) is 6.69. The third-order valence-corrected chi connectivity index (χ3v) is 0.878. The summed E-state index contributed by atoms with van der Waals surface area (Å²) in [6.07, 6.45) is 0.975. The van der Waals surface area contributed by atoms with Crippen molar-refractivity contribution >= 4 is 12.4 Å². The van der Waals surface area contributed by atoms with Gasteiger partial charge in [-0.05, 0) is 0 Å². The van der Waals surface area contributed by atoms with Crippen molar-refractivity contribution in [2.75, 3.05) is 21.1 Å². The molecule has 0 heterocycles. The quantitative estimate of drug-likeness (QED) is 0.399. The molecule has 4 nitrogen and oxygen atoms in total. The van der Waals surface area contributed by atoms with Gasteiger partial charge in [0.1, 0.15) is 0 Å². The van der Waals surface area contributed by atoms with E-state index in [0.29, 0.717) is 0 Å². The van der Waals surface area contributed by atoms with Crippen LogP contribution < -0.4 is 0 Å². The molecule has 4 heteroatoms. The van der Waals surface area contributed by atoms with E-state index in [1.807, 2.05) is 0 Å². The highest BCUT2D eigenvalue weighted by atomic mass is 16.2.